The molecule has 22 heavy (non-hydrogen) atoms. The average Bonchev–Trinajstić information content (AvgIpc) is 3.38. The monoisotopic (exact) mass is 305 g/mol. The molecule has 1 aliphatic rings. The molecular weight excluding hydrogens is 290 g/mol. The van der Waals surface area contributed by atoms with Gasteiger partial charge in [-0.2, -0.15) is 4.99 Å². The highest BCUT2D eigenvalue weighted by atomic mass is 32.1. The van der Waals surface area contributed by atoms with Crippen molar-refractivity contribution < 1.29 is 4.74 Å². The van der Waals surface area contributed by atoms with E-state index in [4.69, 9.17) is 4.74 Å². The van der Waals surface area contributed by atoms with Crippen molar-refractivity contribution in [3.63, 3.8) is 0 Å². The van der Waals surface area contributed by atoms with Crippen molar-refractivity contribution in [3.05, 3.63) is 59.7 Å². The molecule has 0 saturated heterocycles. The molecule has 2 aromatic carbocycles. The topological polar surface area (TPSA) is 21.6 Å². The quantitative estimate of drug-likeness (QED) is 0.467. The highest BCUT2D eigenvalue weighted by Gasteiger charge is 2.21. The number of hydrogen-bond donors (Lipinski definition) is 0. The molecule has 2 aromatic rings. The second kappa shape index (κ2) is 7.04. The van der Waals surface area contributed by atoms with Crippen LogP contribution in [-0.2, 0) is 0 Å². The fourth-order valence-corrected chi connectivity index (χ4v) is 2.05. The van der Waals surface area contributed by atoms with E-state index in [9.17, 15) is 0 Å². The minimum atomic E-state index is 0.769. The molecule has 0 radical (unpaired) electrons. The fraction of sp³-hybridized carbons (Fsp3) is 0.211. The third-order valence-electron chi connectivity index (χ3n) is 3.43. The number of isothiocyanates is 1. The molecule has 0 heterocycles. The van der Waals surface area contributed by atoms with Crippen molar-refractivity contribution in [2.75, 3.05) is 6.61 Å². The lowest BCUT2D eigenvalue weighted by molar-refractivity contribution is 0.300. The predicted octanol–water partition coefficient (Wildman–Crippen LogP) is 4.61. The Morgan fingerprint density at radius 1 is 0.955 bits per heavy atom. The maximum absolute atomic E-state index is 5.71. The standard InChI is InChI=1S/C19H15NOS/c22-14-20-18-9-5-15(6-10-18)1-2-16-7-11-19(12-8-16)21-13-17-3-4-17/h5-12,17H,3-4,13H2. The zero-order valence-corrected chi connectivity index (χ0v) is 12.9. The van der Waals surface area contributed by atoms with E-state index in [-0.39, 0.29) is 0 Å². The van der Waals surface area contributed by atoms with Gasteiger partial charge in [-0.05, 0) is 79.5 Å². The van der Waals surface area contributed by atoms with Crippen LogP contribution in [-0.4, -0.2) is 11.8 Å². The van der Waals surface area contributed by atoms with Crippen molar-refractivity contribution >= 4 is 23.1 Å². The number of aliphatic imine (C=N–C) groups is 1. The lowest BCUT2D eigenvalue weighted by Crippen LogP contribution is -1.98. The zero-order valence-electron chi connectivity index (χ0n) is 12.1. The first-order valence-corrected chi connectivity index (χ1v) is 7.67. The van der Waals surface area contributed by atoms with Crippen LogP contribution < -0.4 is 4.74 Å². The van der Waals surface area contributed by atoms with Gasteiger partial charge in [0, 0.05) is 11.1 Å². The van der Waals surface area contributed by atoms with Crippen LogP contribution in [0.15, 0.2) is 53.5 Å². The highest BCUT2D eigenvalue weighted by molar-refractivity contribution is 7.78. The molecule has 0 atom stereocenters. The first-order chi connectivity index (χ1) is 10.8. The summed E-state index contributed by atoms with van der Waals surface area (Å²) in [6.07, 6.45) is 2.61. The SMILES string of the molecule is S=C=Nc1ccc(C#Cc2ccc(OCC3CC3)cc2)cc1. The summed E-state index contributed by atoms with van der Waals surface area (Å²) in [6, 6.07) is 15.5. The van der Waals surface area contributed by atoms with Crippen molar-refractivity contribution in [2.45, 2.75) is 12.8 Å². The van der Waals surface area contributed by atoms with Gasteiger partial charge in [0.2, 0.25) is 0 Å². The van der Waals surface area contributed by atoms with Gasteiger partial charge in [-0.15, -0.1) is 0 Å². The molecule has 2 nitrogen and oxygen atoms in total. The molecule has 0 amide bonds. The third-order valence-corrected chi connectivity index (χ3v) is 3.52. The molecule has 0 aromatic heterocycles. The van der Waals surface area contributed by atoms with Gasteiger partial charge in [0.1, 0.15) is 5.75 Å². The lowest BCUT2D eigenvalue weighted by atomic mass is 10.1. The summed E-state index contributed by atoms with van der Waals surface area (Å²) in [6.45, 7) is 0.835. The van der Waals surface area contributed by atoms with Crippen LogP contribution in [0.25, 0.3) is 0 Å². The molecule has 108 valence electrons. The van der Waals surface area contributed by atoms with E-state index < -0.39 is 0 Å². The number of thiocarbonyl (C=S) groups is 1. The zero-order chi connectivity index (χ0) is 15.2. The second-order valence-electron chi connectivity index (χ2n) is 5.28. The molecule has 0 bridgehead atoms. The van der Waals surface area contributed by atoms with Crippen LogP contribution >= 0.6 is 12.2 Å². The van der Waals surface area contributed by atoms with Crippen LogP contribution in [0, 0.1) is 17.8 Å². The molecule has 0 N–H and O–H groups in total. The van der Waals surface area contributed by atoms with E-state index in [1.807, 2.05) is 48.5 Å². The second-order valence-corrected chi connectivity index (χ2v) is 5.46. The van der Waals surface area contributed by atoms with Gasteiger partial charge in [-0.3, -0.25) is 0 Å². The Kier molecular flexibility index (Phi) is 4.65. The van der Waals surface area contributed by atoms with E-state index in [1.54, 1.807) is 0 Å². The van der Waals surface area contributed by atoms with Crippen LogP contribution in [0.2, 0.25) is 0 Å². The van der Waals surface area contributed by atoms with Gasteiger partial charge in [-0.1, -0.05) is 11.8 Å². The predicted molar refractivity (Wildman–Crippen MR) is 91.8 cm³/mol. The molecule has 1 saturated carbocycles. The van der Waals surface area contributed by atoms with E-state index in [0.29, 0.717) is 0 Å². The molecule has 3 rings (SSSR count). The molecule has 0 spiro atoms. The van der Waals surface area contributed by atoms with E-state index >= 15 is 0 Å². The maximum Gasteiger partial charge on any atom is 0.119 e. The summed E-state index contributed by atoms with van der Waals surface area (Å²) < 4.78 is 5.71. The van der Waals surface area contributed by atoms with Crippen LogP contribution in [0.1, 0.15) is 24.0 Å². The Balaban J connectivity index is 1.63. The minimum absolute atomic E-state index is 0.769. The Morgan fingerprint density at radius 3 is 2.09 bits per heavy atom. The number of ether oxygens (including phenoxy) is 1. The normalized spacial score (nSPS) is 12.7. The van der Waals surface area contributed by atoms with Gasteiger partial charge < -0.3 is 4.74 Å². The Labute approximate surface area is 135 Å². The van der Waals surface area contributed by atoms with Crippen molar-refractivity contribution in [3.8, 4) is 17.6 Å². The van der Waals surface area contributed by atoms with Gasteiger partial charge in [0.15, 0.2) is 0 Å². The molecular formula is C19H15NOS. The van der Waals surface area contributed by atoms with Crippen LogP contribution in [0.3, 0.4) is 0 Å². The van der Waals surface area contributed by atoms with Gasteiger partial charge >= 0.3 is 0 Å². The van der Waals surface area contributed by atoms with Crippen molar-refractivity contribution in [1.29, 1.82) is 0 Å². The Morgan fingerprint density at radius 2 is 1.55 bits per heavy atom. The van der Waals surface area contributed by atoms with Crippen LogP contribution in [0.4, 0.5) is 5.69 Å². The molecule has 0 aliphatic heterocycles. The Bertz CT molecular complexity index is 743. The molecule has 3 heteroatoms. The minimum Gasteiger partial charge on any atom is -0.493 e. The number of nitrogens with zero attached hydrogens (tertiary/aromatic N) is 1. The van der Waals surface area contributed by atoms with Gasteiger partial charge in [0.05, 0.1) is 17.5 Å². The van der Waals surface area contributed by atoms with Crippen molar-refractivity contribution in [1.82, 2.24) is 0 Å². The average molecular weight is 305 g/mol. The summed E-state index contributed by atoms with van der Waals surface area (Å²) in [5, 5.41) is 2.35. The molecule has 1 fully saturated rings. The summed E-state index contributed by atoms with van der Waals surface area (Å²) in [5.74, 6) is 7.96. The fourth-order valence-electron chi connectivity index (χ4n) is 1.95. The van der Waals surface area contributed by atoms with E-state index in [1.165, 1.54) is 12.8 Å². The highest BCUT2D eigenvalue weighted by Crippen LogP contribution is 2.29. The van der Waals surface area contributed by atoms with Gasteiger partial charge in [-0.25, -0.2) is 0 Å². The summed E-state index contributed by atoms with van der Waals surface area (Å²) >= 11 is 4.57. The summed E-state index contributed by atoms with van der Waals surface area (Å²) in [4.78, 5) is 3.91. The number of benzene rings is 2. The lowest BCUT2D eigenvalue weighted by Gasteiger charge is -2.04. The summed E-state index contributed by atoms with van der Waals surface area (Å²) in [7, 11) is 0. The van der Waals surface area contributed by atoms with Gasteiger partial charge in [0.25, 0.3) is 0 Å². The largest absolute Gasteiger partial charge is 0.493 e. The van der Waals surface area contributed by atoms with E-state index in [2.05, 4.69) is 34.2 Å². The molecule has 0 unspecified atom stereocenters. The maximum atomic E-state index is 5.71. The number of hydrogen-bond acceptors (Lipinski definition) is 3. The Hall–Kier alpha value is -2.40. The van der Waals surface area contributed by atoms with E-state index in [0.717, 1.165) is 35.1 Å². The molecule has 1 aliphatic carbocycles. The first kappa shape index (κ1) is 14.5. The number of rotatable bonds is 4. The van der Waals surface area contributed by atoms with Crippen LogP contribution in [0.5, 0.6) is 5.75 Å². The smallest absolute Gasteiger partial charge is 0.119 e. The van der Waals surface area contributed by atoms with Crippen molar-refractivity contribution in [2.24, 2.45) is 10.9 Å². The first-order valence-electron chi connectivity index (χ1n) is 7.26. The summed E-state index contributed by atoms with van der Waals surface area (Å²) in [5.41, 5.74) is 2.70. The third kappa shape index (κ3) is 4.30.